The molecule has 0 amide bonds. The molecule has 0 N–H and O–H groups in total. The van der Waals surface area contributed by atoms with Crippen LogP contribution in [0.5, 0.6) is 0 Å². The number of aromatic nitrogens is 2. The summed E-state index contributed by atoms with van der Waals surface area (Å²) in [5.41, 5.74) is 9.73. The molecule has 176 valence electrons. The molecule has 5 aromatic carbocycles. The quantitative estimate of drug-likeness (QED) is 0.191. The summed E-state index contributed by atoms with van der Waals surface area (Å²) in [4.78, 5) is 13.0. The minimum absolute atomic E-state index is 0.257. The lowest BCUT2D eigenvalue weighted by molar-refractivity contribution is 0.0473. The second kappa shape index (κ2) is 7.34. The Morgan fingerprint density at radius 1 is 0.649 bits per heavy atom. The zero-order valence-corrected chi connectivity index (χ0v) is 20.2. The van der Waals surface area contributed by atoms with E-state index in [2.05, 4.69) is 76.4 Å². The van der Waals surface area contributed by atoms with Gasteiger partial charge in [-0.2, -0.15) is 0 Å². The molecule has 8 rings (SSSR count). The molecule has 4 heteroatoms. The average Bonchev–Trinajstić information content (AvgIpc) is 3.47. The highest BCUT2D eigenvalue weighted by atomic mass is 16.5. The highest BCUT2D eigenvalue weighted by Crippen LogP contribution is 2.41. The first kappa shape index (κ1) is 20.4. The van der Waals surface area contributed by atoms with Gasteiger partial charge in [-0.15, -0.1) is 0 Å². The molecule has 0 unspecified atom stereocenters. The SMILES string of the molecule is Cc1ccc2c3c1c1cc(C(=O)OCc4ccccc4)ccc1n3c1cccc3c4ccccc4n2c31. The lowest BCUT2D eigenvalue weighted by atomic mass is 10.0. The maximum absolute atomic E-state index is 13.0. The van der Waals surface area contributed by atoms with E-state index in [4.69, 9.17) is 4.74 Å². The molecule has 37 heavy (non-hydrogen) atoms. The first-order valence-electron chi connectivity index (χ1n) is 12.5. The van der Waals surface area contributed by atoms with Crippen molar-refractivity contribution >= 4 is 60.6 Å². The smallest absolute Gasteiger partial charge is 0.338 e. The van der Waals surface area contributed by atoms with Crippen LogP contribution in [0.1, 0.15) is 21.5 Å². The Kier molecular flexibility index (Phi) is 4.04. The van der Waals surface area contributed by atoms with Crippen LogP contribution in [-0.2, 0) is 11.3 Å². The fourth-order valence-electron chi connectivity index (χ4n) is 6.09. The van der Waals surface area contributed by atoms with Crippen LogP contribution >= 0.6 is 0 Å². The number of aryl methyl sites for hydroxylation is 1. The van der Waals surface area contributed by atoms with Gasteiger partial charge in [-0.1, -0.05) is 66.7 Å². The van der Waals surface area contributed by atoms with Crippen molar-refractivity contribution in [2.45, 2.75) is 13.5 Å². The van der Waals surface area contributed by atoms with E-state index < -0.39 is 0 Å². The number of benzene rings is 5. The molecular weight excluding hydrogens is 456 g/mol. The molecule has 0 saturated carbocycles. The van der Waals surface area contributed by atoms with Crippen molar-refractivity contribution in [3.8, 4) is 0 Å². The number of esters is 1. The highest BCUT2D eigenvalue weighted by molar-refractivity contribution is 6.22. The Hall–Kier alpha value is -4.83. The van der Waals surface area contributed by atoms with E-state index in [9.17, 15) is 4.79 Å². The standard InChI is InChI=1S/C33H22N2O2/c1-20-14-16-29-32-30(20)25-18-22(33(36)37-19-21-8-3-2-4-9-21)15-17-27(25)35(32)28-13-7-11-24-23-10-5-6-12-26(23)34(29)31(24)28/h2-18H,19H2,1H3. The summed E-state index contributed by atoms with van der Waals surface area (Å²) in [6, 6.07) is 35.3. The van der Waals surface area contributed by atoms with Gasteiger partial charge in [0, 0.05) is 21.5 Å². The molecule has 3 heterocycles. The monoisotopic (exact) mass is 478 g/mol. The second-order valence-electron chi connectivity index (χ2n) is 9.78. The van der Waals surface area contributed by atoms with Gasteiger partial charge >= 0.3 is 5.97 Å². The van der Waals surface area contributed by atoms with Crippen molar-refractivity contribution in [1.29, 1.82) is 0 Å². The fraction of sp³-hybridized carbons (Fsp3) is 0.0606. The maximum atomic E-state index is 13.0. The number of fused-ring (bicyclic) bond motifs is 8. The van der Waals surface area contributed by atoms with Crippen LogP contribution in [0.3, 0.4) is 0 Å². The van der Waals surface area contributed by atoms with Crippen LogP contribution in [0.15, 0.2) is 103 Å². The van der Waals surface area contributed by atoms with Gasteiger partial charge in [0.2, 0.25) is 0 Å². The molecule has 0 aliphatic rings. The molecule has 8 aromatic rings. The maximum Gasteiger partial charge on any atom is 0.338 e. The summed E-state index contributed by atoms with van der Waals surface area (Å²) < 4.78 is 10.4. The number of hydrogen-bond donors (Lipinski definition) is 0. The van der Waals surface area contributed by atoms with Crippen molar-refractivity contribution in [1.82, 2.24) is 8.80 Å². The normalized spacial score (nSPS) is 12.1. The van der Waals surface area contributed by atoms with Gasteiger partial charge in [0.15, 0.2) is 0 Å². The third-order valence-electron chi connectivity index (χ3n) is 7.70. The molecule has 0 atom stereocenters. The van der Waals surface area contributed by atoms with Crippen LogP contribution in [0, 0.1) is 6.92 Å². The average molecular weight is 479 g/mol. The van der Waals surface area contributed by atoms with Crippen molar-refractivity contribution < 1.29 is 9.53 Å². The first-order valence-corrected chi connectivity index (χ1v) is 12.5. The summed E-state index contributed by atoms with van der Waals surface area (Å²) in [6.07, 6.45) is 0. The molecule has 0 radical (unpaired) electrons. The zero-order chi connectivity index (χ0) is 24.7. The Morgan fingerprint density at radius 3 is 2.22 bits per heavy atom. The number of hydrogen-bond acceptors (Lipinski definition) is 2. The molecule has 0 saturated heterocycles. The van der Waals surface area contributed by atoms with E-state index in [-0.39, 0.29) is 12.6 Å². The van der Waals surface area contributed by atoms with Gasteiger partial charge in [-0.25, -0.2) is 4.79 Å². The van der Waals surface area contributed by atoms with Crippen LogP contribution < -0.4 is 0 Å². The van der Waals surface area contributed by atoms with E-state index in [0.717, 1.165) is 27.5 Å². The van der Waals surface area contributed by atoms with Crippen molar-refractivity contribution in [2.24, 2.45) is 0 Å². The predicted octanol–water partition coefficient (Wildman–Crippen LogP) is 7.91. The van der Waals surface area contributed by atoms with Crippen molar-refractivity contribution in [2.75, 3.05) is 0 Å². The topological polar surface area (TPSA) is 35.1 Å². The Morgan fingerprint density at radius 2 is 1.32 bits per heavy atom. The predicted molar refractivity (Wildman–Crippen MR) is 150 cm³/mol. The summed E-state index contributed by atoms with van der Waals surface area (Å²) in [6.45, 7) is 2.40. The van der Waals surface area contributed by atoms with Crippen molar-refractivity contribution in [3.63, 3.8) is 0 Å². The summed E-state index contributed by atoms with van der Waals surface area (Å²) in [5.74, 6) is -0.310. The zero-order valence-electron chi connectivity index (χ0n) is 20.2. The van der Waals surface area contributed by atoms with Crippen LogP contribution in [0.4, 0.5) is 0 Å². The third-order valence-corrected chi connectivity index (χ3v) is 7.70. The van der Waals surface area contributed by atoms with Gasteiger partial charge in [0.1, 0.15) is 6.61 Å². The molecule has 0 aliphatic carbocycles. The van der Waals surface area contributed by atoms with Crippen molar-refractivity contribution in [3.05, 3.63) is 120 Å². The number of para-hydroxylation sites is 2. The molecule has 4 nitrogen and oxygen atoms in total. The Balaban J connectivity index is 1.43. The number of ether oxygens (including phenoxy) is 1. The lowest BCUT2D eigenvalue weighted by Crippen LogP contribution is -2.05. The minimum atomic E-state index is -0.310. The molecule has 0 bridgehead atoms. The Labute approximate surface area is 212 Å². The largest absolute Gasteiger partial charge is 0.457 e. The van der Waals surface area contributed by atoms with Gasteiger partial charge in [0.05, 0.1) is 38.7 Å². The summed E-state index contributed by atoms with van der Waals surface area (Å²) >= 11 is 0. The highest BCUT2D eigenvalue weighted by Gasteiger charge is 2.22. The molecule has 0 fully saturated rings. The first-order chi connectivity index (χ1) is 18.2. The molecule has 0 aliphatic heterocycles. The van der Waals surface area contributed by atoms with E-state index >= 15 is 0 Å². The summed E-state index contributed by atoms with van der Waals surface area (Å²) in [7, 11) is 0. The number of nitrogens with zero attached hydrogens (tertiary/aromatic N) is 2. The van der Waals surface area contributed by atoms with Gasteiger partial charge < -0.3 is 13.5 Å². The van der Waals surface area contributed by atoms with E-state index in [0.29, 0.717) is 5.56 Å². The van der Waals surface area contributed by atoms with Gasteiger partial charge in [-0.3, -0.25) is 0 Å². The van der Waals surface area contributed by atoms with Gasteiger partial charge in [-0.05, 0) is 54.4 Å². The van der Waals surface area contributed by atoms with Crippen LogP contribution in [-0.4, -0.2) is 14.8 Å². The van der Waals surface area contributed by atoms with E-state index in [1.165, 1.54) is 38.3 Å². The van der Waals surface area contributed by atoms with Crippen LogP contribution in [0.2, 0.25) is 0 Å². The molecule has 3 aromatic heterocycles. The second-order valence-corrected chi connectivity index (χ2v) is 9.78. The Bertz CT molecular complexity index is 2170. The van der Waals surface area contributed by atoms with E-state index in [1.54, 1.807) is 0 Å². The lowest BCUT2D eigenvalue weighted by Gasteiger charge is -2.12. The molecule has 0 spiro atoms. The van der Waals surface area contributed by atoms with Gasteiger partial charge in [0.25, 0.3) is 0 Å². The van der Waals surface area contributed by atoms with Crippen LogP contribution in [0.25, 0.3) is 54.6 Å². The minimum Gasteiger partial charge on any atom is -0.457 e. The number of rotatable bonds is 3. The number of carbonyl (C=O) groups is 1. The third kappa shape index (κ3) is 2.70. The fourth-order valence-corrected chi connectivity index (χ4v) is 6.09. The summed E-state index contributed by atoms with van der Waals surface area (Å²) in [5, 5.41) is 4.74. The number of carbonyl (C=O) groups excluding carboxylic acids is 1. The molecular formula is C33H22N2O2. The van der Waals surface area contributed by atoms with E-state index in [1.807, 2.05) is 42.5 Å².